The predicted octanol–water partition coefficient (Wildman–Crippen LogP) is 7.11. The van der Waals surface area contributed by atoms with Crippen molar-refractivity contribution >= 4 is 29.5 Å². The lowest BCUT2D eigenvalue weighted by Crippen LogP contribution is -2.38. The molecule has 2 aliphatic rings. The fourth-order valence-corrected chi connectivity index (χ4v) is 6.67. The van der Waals surface area contributed by atoms with Gasteiger partial charge in [-0.2, -0.15) is 0 Å². The number of hydrogen-bond acceptors (Lipinski definition) is 3. The molecule has 2 N–H and O–H groups in total. The first-order valence-electron chi connectivity index (χ1n) is 13.2. The van der Waals surface area contributed by atoms with Gasteiger partial charge in [0.25, 0.3) is 11.8 Å². The molecule has 0 aliphatic heterocycles. The topological polar surface area (TPSA) is 75.3 Å². The molecule has 2 aliphatic carbocycles. The quantitative estimate of drug-likeness (QED) is 0.359. The number of aldehydes is 1. The Morgan fingerprint density at radius 1 is 0.784 bits per heavy atom. The van der Waals surface area contributed by atoms with E-state index in [-0.39, 0.29) is 17.2 Å². The van der Waals surface area contributed by atoms with Crippen LogP contribution in [0.2, 0.25) is 0 Å². The van der Waals surface area contributed by atoms with E-state index in [1.54, 1.807) is 48.5 Å². The highest BCUT2D eigenvalue weighted by Crippen LogP contribution is 2.51. The lowest BCUT2D eigenvalue weighted by molar-refractivity contribution is 0.0899. The average Bonchev–Trinajstić information content (AvgIpc) is 2.88. The van der Waals surface area contributed by atoms with Crippen molar-refractivity contribution in [2.75, 3.05) is 10.6 Å². The summed E-state index contributed by atoms with van der Waals surface area (Å²) in [4.78, 5) is 36.6. The van der Waals surface area contributed by atoms with Gasteiger partial charge in [0, 0.05) is 22.4 Å². The molecule has 2 bridgehead atoms. The van der Waals surface area contributed by atoms with Gasteiger partial charge < -0.3 is 10.6 Å². The van der Waals surface area contributed by atoms with Crippen LogP contribution < -0.4 is 10.6 Å². The lowest BCUT2D eigenvalue weighted by atomic mass is 9.57. The number of carbonyl (C=O) groups excluding carboxylic acids is 3. The van der Waals surface area contributed by atoms with Crippen molar-refractivity contribution in [2.24, 2.45) is 17.8 Å². The summed E-state index contributed by atoms with van der Waals surface area (Å²) in [5.41, 5.74) is 4.06. The van der Waals surface area contributed by atoms with Crippen molar-refractivity contribution in [2.45, 2.75) is 51.4 Å². The number of anilines is 2. The van der Waals surface area contributed by atoms with Gasteiger partial charge in [-0.3, -0.25) is 14.4 Å². The van der Waals surface area contributed by atoms with E-state index in [1.807, 2.05) is 12.1 Å². The second-order valence-corrected chi connectivity index (χ2v) is 11.3. The molecule has 0 spiro atoms. The second kappa shape index (κ2) is 10.3. The number of para-hydroxylation sites is 1. The molecular weight excluding hydrogens is 460 g/mol. The summed E-state index contributed by atoms with van der Waals surface area (Å²) < 4.78 is 0. The Bertz CT molecular complexity index is 1280. The summed E-state index contributed by atoms with van der Waals surface area (Å²) in [6, 6.07) is 21.6. The summed E-state index contributed by atoms with van der Waals surface area (Å²) in [6.07, 6.45) is 7.30. The van der Waals surface area contributed by atoms with Gasteiger partial charge >= 0.3 is 0 Å². The Morgan fingerprint density at radius 3 is 1.95 bits per heavy atom. The van der Waals surface area contributed by atoms with E-state index >= 15 is 0 Å². The maximum Gasteiger partial charge on any atom is 0.255 e. The number of amides is 2. The first kappa shape index (κ1) is 24.9. The van der Waals surface area contributed by atoms with Gasteiger partial charge in [-0.15, -0.1) is 0 Å². The summed E-state index contributed by atoms with van der Waals surface area (Å²) in [6.45, 7) is 4.81. The fourth-order valence-electron chi connectivity index (χ4n) is 6.67. The van der Waals surface area contributed by atoms with E-state index in [9.17, 15) is 14.4 Å². The first-order chi connectivity index (χ1) is 17.8. The van der Waals surface area contributed by atoms with Crippen LogP contribution in [-0.2, 0) is 5.41 Å². The van der Waals surface area contributed by atoms with E-state index in [0.29, 0.717) is 28.7 Å². The highest BCUT2D eigenvalue weighted by atomic mass is 16.2. The van der Waals surface area contributed by atoms with Gasteiger partial charge in [-0.1, -0.05) is 38.1 Å². The molecule has 5 nitrogen and oxygen atoms in total. The summed E-state index contributed by atoms with van der Waals surface area (Å²) >= 11 is 0. The second-order valence-electron chi connectivity index (χ2n) is 11.3. The van der Waals surface area contributed by atoms with Crippen molar-refractivity contribution in [1.29, 1.82) is 0 Å². The van der Waals surface area contributed by atoms with E-state index in [1.165, 1.54) is 37.7 Å². The molecule has 190 valence electrons. The third-order valence-electron chi connectivity index (χ3n) is 8.20. The first-order valence-corrected chi connectivity index (χ1v) is 13.2. The van der Waals surface area contributed by atoms with Crippen LogP contribution in [0, 0.1) is 17.8 Å². The molecular formula is C32H34N2O3. The number of carbonyl (C=O) groups is 3. The van der Waals surface area contributed by atoms with E-state index in [2.05, 4.69) is 36.6 Å². The molecule has 2 saturated carbocycles. The zero-order valence-corrected chi connectivity index (χ0v) is 21.5. The van der Waals surface area contributed by atoms with Gasteiger partial charge in [0.05, 0.1) is 5.69 Å². The van der Waals surface area contributed by atoms with Crippen LogP contribution in [0.15, 0.2) is 72.8 Å². The number of benzene rings is 3. The summed E-state index contributed by atoms with van der Waals surface area (Å²) in [5, 5.41) is 5.72. The molecule has 5 rings (SSSR count). The van der Waals surface area contributed by atoms with Gasteiger partial charge in [-0.25, -0.2) is 0 Å². The Kier molecular flexibility index (Phi) is 6.96. The minimum absolute atomic E-state index is 0.207. The third kappa shape index (κ3) is 5.51. The monoisotopic (exact) mass is 494 g/mol. The smallest absolute Gasteiger partial charge is 0.255 e. The minimum Gasteiger partial charge on any atom is -0.322 e. The summed E-state index contributed by atoms with van der Waals surface area (Å²) in [5.74, 6) is 1.95. The molecule has 37 heavy (non-hydrogen) atoms. The Labute approximate surface area is 218 Å². The van der Waals surface area contributed by atoms with Crippen LogP contribution in [0.25, 0.3) is 0 Å². The Hall–Kier alpha value is -3.73. The maximum atomic E-state index is 12.8. The van der Waals surface area contributed by atoms with Crippen LogP contribution in [0.5, 0.6) is 0 Å². The van der Waals surface area contributed by atoms with Gasteiger partial charge in [-0.05, 0) is 109 Å². The van der Waals surface area contributed by atoms with Crippen molar-refractivity contribution in [1.82, 2.24) is 0 Å². The van der Waals surface area contributed by atoms with Gasteiger partial charge in [0.2, 0.25) is 0 Å². The van der Waals surface area contributed by atoms with Crippen molar-refractivity contribution in [3.8, 4) is 0 Å². The SMILES string of the molecule is CC1CC2CC(C1)CC(C)(c1ccc(NC(=O)c3ccc(C(=O)Nc4ccccc4C=O)cc3)cc1)C2. The Morgan fingerprint density at radius 2 is 1.35 bits per heavy atom. The molecule has 0 heterocycles. The standard InChI is InChI=1S/C32H34N2O3/c1-21-15-22-17-23(16-21)19-32(2,18-22)27-11-13-28(14-12-27)33-30(36)24-7-9-25(10-8-24)31(37)34-29-6-4-3-5-26(29)20-35/h3-14,20-23H,15-19H2,1-2H3,(H,33,36)(H,34,37). The predicted molar refractivity (Wildman–Crippen MR) is 147 cm³/mol. The van der Waals surface area contributed by atoms with Crippen LogP contribution in [0.1, 0.15) is 82.6 Å². The lowest BCUT2D eigenvalue weighted by Gasteiger charge is -2.47. The molecule has 2 unspecified atom stereocenters. The van der Waals surface area contributed by atoms with E-state index in [4.69, 9.17) is 0 Å². The van der Waals surface area contributed by atoms with Crippen LogP contribution >= 0.6 is 0 Å². The molecule has 2 atom stereocenters. The fraction of sp³-hybridized carbons (Fsp3) is 0.344. The van der Waals surface area contributed by atoms with Crippen molar-refractivity contribution in [3.05, 3.63) is 95.1 Å². The molecule has 2 amide bonds. The van der Waals surface area contributed by atoms with E-state index in [0.717, 1.165) is 23.4 Å². The largest absolute Gasteiger partial charge is 0.322 e. The molecule has 2 fully saturated rings. The molecule has 3 aromatic carbocycles. The van der Waals surface area contributed by atoms with Crippen LogP contribution in [0.4, 0.5) is 11.4 Å². The van der Waals surface area contributed by atoms with Crippen molar-refractivity contribution < 1.29 is 14.4 Å². The number of nitrogens with one attached hydrogen (secondary N) is 2. The van der Waals surface area contributed by atoms with Crippen LogP contribution in [0.3, 0.4) is 0 Å². The minimum atomic E-state index is -0.341. The third-order valence-corrected chi connectivity index (χ3v) is 8.20. The number of fused-ring (bicyclic) bond motifs is 2. The normalized spacial score (nSPS) is 24.6. The highest BCUT2D eigenvalue weighted by Gasteiger charge is 2.41. The van der Waals surface area contributed by atoms with Gasteiger partial charge in [0.1, 0.15) is 0 Å². The zero-order chi connectivity index (χ0) is 26.0. The van der Waals surface area contributed by atoms with E-state index < -0.39 is 0 Å². The zero-order valence-electron chi connectivity index (χ0n) is 21.5. The molecule has 0 saturated heterocycles. The molecule has 3 aromatic rings. The summed E-state index contributed by atoms with van der Waals surface area (Å²) in [7, 11) is 0. The molecule has 0 radical (unpaired) electrons. The van der Waals surface area contributed by atoms with Crippen LogP contribution in [-0.4, -0.2) is 18.1 Å². The maximum absolute atomic E-state index is 12.8. The average molecular weight is 495 g/mol. The number of rotatable bonds is 6. The number of hydrogen-bond donors (Lipinski definition) is 2. The molecule has 5 heteroatoms. The van der Waals surface area contributed by atoms with Crippen molar-refractivity contribution in [3.63, 3.8) is 0 Å². The molecule has 0 aromatic heterocycles. The van der Waals surface area contributed by atoms with Gasteiger partial charge in [0.15, 0.2) is 6.29 Å². The highest BCUT2D eigenvalue weighted by molar-refractivity contribution is 6.08. The Balaban J connectivity index is 1.21.